The monoisotopic (exact) mass is 448 g/mol. The summed E-state index contributed by atoms with van der Waals surface area (Å²) in [6, 6.07) is 3.63. The Hall–Kier alpha value is -2.74. The number of halogens is 1. The fourth-order valence-corrected chi connectivity index (χ4v) is 3.55. The van der Waals surface area contributed by atoms with Gasteiger partial charge in [0.15, 0.2) is 11.4 Å². The molecule has 1 amide bonds. The second-order valence-corrected chi connectivity index (χ2v) is 9.35. The van der Waals surface area contributed by atoms with Crippen molar-refractivity contribution >= 4 is 40.6 Å². The number of carbonyl (C=O) groups excluding carboxylic acids is 2. The zero-order valence-corrected chi connectivity index (χ0v) is 19.6. The second-order valence-electron chi connectivity index (χ2n) is 8.91. The number of benzene rings is 1. The topological polar surface area (TPSA) is 79.1 Å². The van der Waals surface area contributed by atoms with Crippen molar-refractivity contribution in [2.75, 3.05) is 38.6 Å². The summed E-state index contributed by atoms with van der Waals surface area (Å²) < 4.78 is 11.5. The number of piperazine rings is 1. The smallest absolute Gasteiger partial charge is 0.410 e. The molecule has 1 aromatic heterocycles. The van der Waals surface area contributed by atoms with Crippen LogP contribution in [0.1, 0.15) is 38.1 Å². The Kier molecular flexibility index (Phi) is 6.50. The molecule has 168 valence electrons. The zero-order chi connectivity index (χ0) is 22.9. The lowest BCUT2D eigenvalue weighted by Gasteiger charge is -2.39. The number of nitrogens with zero attached hydrogens (tertiary/aromatic N) is 4. The third kappa shape index (κ3) is 5.50. The average Bonchev–Trinajstić information content (AvgIpc) is 3.07. The Balaban J connectivity index is 1.83. The number of hydrogen-bond acceptors (Lipinski definition) is 7. The molecule has 2 heterocycles. The molecule has 0 unspecified atom stereocenters. The lowest BCUT2D eigenvalue weighted by atomic mass is 10.1. The number of rotatable bonds is 4. The molecule has 1 atom stereocenters. The highest BCUT2D eigenvalue weighted by Gasteiger charge is 2.32. The zero-order valence-electron chi connectivity index (χ0n) is 18.8. The Labute approximate surface area is 187 Å². The van der Waals surface area contributed by atoms with Crippen LogP contribution in [0.15, 0.2) is 28.8 Å². The maximum atomic E-state index is 12.7. The van der Waals surface area contributed by atoms with E-state index in [1.165, 1.54) is 6.08 Å². The van der Waals surface area contributed by atoms with Crippen molar-refractivity contribution < 1.29 is 18.7 Å². The molecule has 3 rings (SSSR count). The predicted octanol–water partition coefficient (Wildman–Crippen LogP) is 4.18. The Bertz CT molecular complexity index is 1010. The summed E-state index contributed by atoms with van der Waals surface area (Å²) in [5.74, 6) is -0.216. The van der Waals surface area contributed by atoms with E-state index >= 15 is 0 Å². The van der Waals surface area contributed by atoms with Gasteiger partial charge in [-0.1, -0.05) is 11.6 Å². The molecule has 0 spiro atoms. The molecule has 0 N–H and O–H groups in total. The van der Waals surface area contributed by atoms with Crippen molar-refractivity contribution in [3.63, 3.8) is 0 Å². The van der Waals surface area contributed by atoms with Crippen molar-refractivity contribution in [2.45, 2.75) is 39.3 Å². The first-order valence-electron chi connectivity index (χ1n) is 10.2. The maximum Gasteiger partial charge on any atom is 0.410 e. The minimum Gasteiger partial charge on any atom is -0.444 e. The van der Waals surface area contributed by atoms with E-state index in [4.69, 9.17) is 20.8 Å². The maximum absolute atomic E-state index is 12.7. The van der Waals surface area contributed by atoms with Gasteiger partial charge in [-0.2, -0.15) is 4.98 Å². The Morgan fingerprint density at radius 3 is 2.61 bits per heavy atom. The van der Waals surface area contributed by atoms with Crippen LogP contribution in [0.25, 0.3) is 11.1 Å². The summed E-state index contributed by atoms with van der Waals surface area (Å²) in [7, 11) is 3.67. The first-order chi connectivity index (χ1) is 14.4. The van der Waals surface area contributed by atoms with Gasteiger partial charge in [-0.25, -0.2) is 4.79 Å². The van der Waals surface area contributed by atoms with Gasteiger partial charge in [0, 0.05) is 57.1 Å². The normalized spacial score (nSPS) is 17.5. The summed E-state index contributed by atoms with van der Waals surface area (Å²) in [4.78, 5) is 35.1. The predicted molar refractivity (Wildman–Crippen MR) is 121 cm³/mol. The quantitative estimate of drug-likeness (QED) is 0.512. The lowest BCUT2D eigenvalue weighted by molar-refractivity contribution is 0.0216. The van der Waals surface area contributed by atoms with Crippen LogP contribution in [0.5, 0.6) is 0 Å². The minimum atomic E-state index is -0.541. The molecule has 1 aliphatic heterocycles. The summed E-state index contributed by atoms with van der Waals surface area (Å²) >= 11 is 6.22. The van der Waals surface area contributed by atoms with E-state index in [-0.39, 0.29) is 17.9 Å². The molecule has 9 heteroatoms. The third-order valence-corrected chi connectivity index (χ3v) is 4.98. The van der Waals surface area contributed by atoms with Crippen LogP contribution in [0.2, 0.25) is 5.02 Å². The van der Waals surface area contributed by atoms with Gasteiger partial charge in [0.2, 0.25) is 0 Å². The average molecular weight is 449 g/mol. The fourth-order valence-electron chi connectivity index (χ4n) is 3.33. The highest BCUT2D eigenvalue weighted by Crippen LogP contribution is 2.30. The second kappa shape index (κ2) is 8.78. The summed E-state index contributed by atoms with van der Waals surface area (Å²) in [6.45, 7) is 9.03. The molecule has 0 aliphatic carbocycles. The number of ketones is 1. The summed E-state index contributed by atoms with van der Waals surface area (Å²) in [5.41, 5.74) is 0.737. The van der Waals surface area contributed by atoms with Crippen LogP contribution < -0.4 is 4.90 Å². The van der Waals surface area contributed by atoms with Crippen molar-refractivity contribution in [3.8, 4) is 0 Å². The van der Waals surface area contributed by atoms with E-state index in [1.807, 2.05) is 46.7 Å². The van der Waals surface area contributed by atoms with E-state index in [0.717, 1.165) is 0 Å². The van der Waals surface area contributed by atoms with Crippen molar-refractivity contribution in [1.29, 1.82) is 0 Å². The molecule has 1 aromatic carbocycles. The van der Waals surface area contributed by atoms with Gasteiger partial charge in [0.1, 0.15) is 11.1 Å². The largest absolute Gasteiger partial charge is 0.444 e. The number of oxazole rings is 1. The Morgan fingerprint density at radius 2 is 2.00 bits per heavy atom. The summed E-state index contributed by atoms with van der Waals surface area (Å²) in [5, 5.41) is 0.414. The van der Waals surface area contributed by atoms with Crippen LogP contribution in [-0.2, 0) is 4.74 Å². The highest BCUT2D eigenvalue weighted by molar-refractivity contribution is 6.32. The number of hydrogen-bond donors (Lipinski definition) is 0. The van der Waals surface area contributed by atoms with Crippen LogP contribution in [0.3, 0.4) is 0 Å². The van der Waals surface area contributed by atoms with Crippen LogP contribution in [0, 0.1) is 0 Å². The van der Waals surface area contributed by atoms with E-state index in [2.05, 4.69) is 4.98 Å². The molecule has 0 bridgehead atoms. The summed E-state index contributed by atoms with van der Waals surface area (Å²) in [6.07, 6.45) is 2.81. The first kappa shape index (κ1) is 22.9. The van der Waals surface area contributed by atoms with Crippen LogP contribution >= 0.6 is 11.6 Å². The fraction of sp³-hybridized carbons (Fsp3) is 0.500. The lowest BCUT2D eigenvalue weighted by Crippen LogP contribution is -2.54. The van der Waals surface area contributed by atoms with Gasteiger partial charge in [0.25, 0.3) is 6.01 Å². The number of aromatic nitrogens is 1. The van der Waals surface area contributed by atoms with Crippen LogP contribution in [0.4, 0.5) is 10.8 Å². The van der Waals surface area contributed by atoms with Gasteiger partial charge in [-0.3, -0.25) is 4.79 Å². The molecular formula is C22H29ClN4O4. The molecule has 31 heavy (non-hydrogen) atoms. The van der Waals surface area contributed by atoms with Crippen molar-refractivity contribution in [3.05, 3.63) is 35.0 Å². The van der Waals surface area contributed by atoms with Crippen LogP contribution in [-0.4, -0.2) is 72.0 Å². The standard InChI is InChI=1S/C22H29ClN4O4/c1-14-13-26(21(29)31-22(2,3)4)9-10-27(14)20-24-17-12-15(23)11-16(19(17)30-20)18(28)7-8-25(5)6/h7-8,11-12,14H,9-10,13H2,1-6H3/b8-7+/t14-/m0/s1. The van der Waals surface area contributed by atoms with E-state index in [9.17, 15) is 9.59 Å². The van der Waals surface area contributed by atoms with Gasteiger partial charge >= 0.3 is 6.09 Å². The van der Waals surface area contributed by atoms with E-state index in [1.54, 1.807) is 28.1 Å². The first-order valence-corrected chi connectivity index (χ1v) is 10.6. The number of anilines is 1. The third-order valence-electron chi connectivity index (χ3n) is 4.76. The number of carbonyl (C=O) groups is 2. The number of fused-ring (bicyclic) bond motifs is 1. The molecular weight excluding hydrogens is 420 g/mol. The van der Waals surface area contributed by atoms with E-state index < -0.39 is 5.60 Å². The number of amides is 1. The minimum absolute atomic E-state index is 0.0439. The van der Waals surface area contributed by atoms with Gasteiger partial charge in [-0.15, -0.1) is 0 Å². The molecule has 8 nitrogen and oxygen atoms in total. The van der Waals surface area contributed by atoms with Gasteiger partial charge in [0.05, 0.1) is 5.56 Å². The number of ether oxygens (including phenoxy) is 1. The molecule has 1 fully saturated rings. The highest BCUT2D eigenvalue weighted by atomic mass is 35.5. The molecule has 0 saturated carbocycles. The Morgan fingerprint density at radius 1 is 1.29 bits per heavy atom. The molecule has 2 aromatic rings. The SMILES string of the molecule is C[C@H]1CN(C(=O)OC(C)(C)C)CCN1c1nc2cc(Cl)cc(C(=O)/C=C/N(C)C)c2o1. The van der Waals surface area contributed by atoms with E-state index in [0.29, 0.717) is 47.3 Å². The van der Waals surface area contributed by atoms with Gasteiger partial charge in [-0.05, 0) is 39.8 Å². The molecule has 1 saturated heterocycles. The van der Waals surface area contributed by atoms with Crippen molar-refractivity contribution in [1.82, 2.24) is 14.8 Å². The van der Waals surface area contributed by atoms with Gasteiger partial charge < -0.3 is 23.9 Å². The molecule has 1 aliphatic rings. The molecule has 0 radical (unpaired) electrons. The number of allylic oxidation sites excluding steroid dienone is 1. The van der Waals surface area contributed by atoms with Crippen molar-refractivity contribution in [2.24, 2.45) is 0 Å².